The summed E-state index contributed by atoms with van der Waals surface area (Å²) in [6.45, 7) is 0. The van der Waals surface area contributed by atoms with E-state index in [0.29, 0.717) is 0 Å². The second kappa shape index (κ2) is 3.60. The van der Waals surface area contributed by atoms with Crippen molar-refractivity contribution in [1.29, 1.82) is 0 Å². The molecule has 0 fully saturated rings. The quantitative estimate of drug-likeness (QED) is 0.545. The molecule has 2 aliphatic rings. The number of rotatable bonds is 0. The van der Waals surface area contributed by atoms with Crippen molar-refractivity contribution in [2.45, 2.75) is 9.79 Å². The topological polar surface area (TPSA) is 24.7 Å². The van der Waals surface area contributed by atoms with Gasteiger partial charge in [-0.05, 0) is 56.6 Å². The van der Waals surface area contributed by atoms with Crippen molar-refractivity contribution in [3.8, 4) is 0 Å². The van der Waals surface area contributed by atoms with Crippen molar-refractivity contribution in [3.05, 3.63) is 35.0 Å². The Hall–Kier alpha value is -0.300. The molecule has 0 saturated carbocycles. The summed E-state index contributed by atoms with van der Waals surface area (Å²) in [6, 6.07) is 8.76. The molecule has 0 aliphatic carbocycles. The van der Waals surface area contributed by atoms with E-state index in [4.69, 9.17) is 0 Å². The third-order valence-corrected chi connectivity index (χ3v) is 6.20. The molecule has 6 heteroatoms. The van der Waals surface area contributed by atoms with Gasteiger partial charge in [0.15, 0.2) is 0 Å². The van der Waals surface area contributed by atoms with Crippen molar-refractivity contribution in [3.63, 3.8) is 0 Å². The molecule has 2 heterocycles. The lowest BCUT2D eigenvalue weighted by atomic mass is 10.1. The molecule has 0 atom stereocenters. The van der Waals surface area contributed by atoms with Gasteiger partial charge in [0.1, 0.15) is 0 Å². The third kappa shape index (κ3) is 1.40. The summed E-state index contributed by atoms with van der Waals surface area (Å²) in [5.41, 5.74) is 0. The van der Waals surface area contributed by atoms with E-state index in [2.05, 4.69) is 33.1 Å². The molecular formula is C10H4N2S4. The van der Waals surface area contributed by atoms with Crippen LogP contribution in [0.5, 0.6) is 0 Å². The van der Waals surface area contributed by atoms with Crippen LogP contribution in [0.15, 0.2) is 42.9 Å². The smallest absolute Gasteiger partial charge is 0.0874 e. The van der Waals surface area contributed by atoms with E-state index in [1.165, 1.54) is 20.6 Å². The Morgan fingerprint density at radius 2 is 1.19 bits per heavy atom. The van der Waals surface area contributed by atoms with E-state index in [1.807, 2.05) is 0 Å². The monoisotopic (exact) mass is 280 g/mol. The van der Waals surface area contributed by atoms with Gasteiger partial charge in [-0.3, -0.25) is 0 Å². The highest BCUT2D eigenvalue weighted by Gasteiger charge is 2.11. The average molecular weight is 280 g/mol. The van der Waals surface area contributed by atoms with Crippen LogP contribution < -0.4 is 10.7 Å². The standard InChI is InChI=1S/C10H4N2S4/c1-5-3-10-8(12-16-14-10)2-6(5)4-9-7(1)11-15-13-9/h1-4H. The summed E-state index contributed by atoms with van der Waals surface area (Å²) in [5, 5.41) is 4.73. The van der Waals surface area contributed by atoms with E-state index in [0.717, 1.165) is 10.7 Å². The molecule has 2 aromatic carbocycles. The molecule has 0 radical (unpaired) electrons. The van der Waals surface area contributed by atoms with Gasteiger partial charge >= 0.3 is 0 Å². The van der Waals surface area contributed by atoms with Crippen molar-refractivity contribution < 1.29 is 0 Å². The zero-order chi connectivity index (χ0) is 10.5. The predicted molar refractivity (Wildman–Crippen MR) is 73.2 cm³/mol. The molecule has 4 rings (SSSR count). The summed E-state index contributed by atoms with van der Waals surface area (Å²) in [5.74, 6) is 0. The minimum atomic E-state index is 1.11. The largest absolute Gasteiger partial charge is 0.204 e. The Kier molecular flexibility index (Phi) is 2.18. The van der Waals surface area contributed by atoms with Gasteiger partial charge in [0.2, 0.25) is 0 Å². The summed E-state index contributed by atoms with van der Waals surface area (Å²) < 4.78 is 8.77. The van der Waals surface area contributed by atoms with Crippen LogP contribution >= 0.6 is 43.5 Å². The molecule has 0 N–H and O–H groups in total. The Bertz CT molecular complexity index is 662. The summed E-state index contributed by atoms with van der Waals surface area (Å²) in [4.78, 5) is 2.52. The van der Waals surface area contributed by atoms with Gasteiger partial charge in [0.25, 0.3) is 0 Å². The van der Waals surface area contributed by atoms with Crippen LogP contribution in [0.4, 0.5) is 0 Å². The lowest BCUT2D eigenvalue weighted by Gasteiger charge is -1.99. The fourth-order valence-corrected chi connectivity index (χ4v) is 5.29. The van der Waals surface area contributed by atoms with Gasteiger partial charge in [-0.2, -0.15) is 0 Å². The first-order chi connectivity index (χ1) is 7.90. The van der Waals surface area contributed by atoms with Gasteiger partial charge in [-0.25, -0.2) is 8.80 Å². The average Bonchev–Trinajstić information content (AvgIpc) is 2.89. The highest BCUT2D eigenvalue weighted by molar-refractivity contribution is 8.76. The number of nitrogens with zero attached hydrogens (tertiary/aromatic N) is 2. The van der Waals surface area contributed by atoms with Crippen LogP contribution in [-0.4, -0.2) is 0 Å². The molecule has 0 bridgehead atoms. The number of hydrogen-bond donors (Lipinski definition) is 0. The molecule has 78 valence electrons. The maximum absolute atomic E-state index is 4.39. The van der Waals surface area contributed by atoms with E-state index >= 15 is 0 Å². The molecule has 0 aromatic heterocycles. The first kappa shape index (κ1) is 9.70. The van der Waals surface area contributed by atoms with Crippen molar-refractivity contribution in [1.82, 2.24) is 0 Å². The third-order valence-electron chi connectivity index (χ3n) is 2.52. The van der Waals surface area contributed by atoms with Crippen LogP contribution in [0.3, 0.4) is 0 Å². The SMILES string of the molecule is c1c2c(cc3cc4c(cc13)=NSS4)=NSS2. The van der Waals surface area contributed by atoms with Gasteiger partial charge in [-0.15, -0.1) is 0 Å². The summed E-state index contributed by atoms with van der Waals surface area (Å²) in [7, 11) is 6.55. The zero-order valence-corrected chi connectivity index (χ0v) is 11.1. The molecule has 0 saturated heterocycles. The number of hydrogen-bond acceptors (Lipinski definition) is 6. The number of fused-ring (bicyclic) bond motifs is 3. The lowest BCUT2D eigenvalue weighted by molar-refractivity contribution is 1.30. The fourth-order valence-electron chi connectivity index (χ4n) is 1.76. The molecule has 2 nitrogen and oxygen atoms in total. The minimum absolute atomic E-state index is 1.11. The molecule has 0 unspecified atom stereocenters. The summed E-state index contributed by atoms with van der Waals surface area (Å²) >= 11 is 0. The maximum atomic E-state index is 4.39. The second-order valence-electron chi connectivity index (χ2n) is 3.49. The first-order valence-electron chi connectivity index (χ1n) is 4.61. The molecule has 2 aromatic rings. The van der Waals surface area contributed by atoms with E-state index in [1.54, 1.807) is 43.5 Å². The van der Waals surface area contributed by atoms with Crippen LogP contribution in [0.2, 0.25) is 0 Å². The van der Waals surface area contributed by atoms with Crippen molar-refractivity contribution in [2.75, 3.05) is 0 Å². The molecular weight excluding hydrogens is 276 g/mol. The van der Waals surface area contributed by atoms with Gasteiger partial charge in [0, 0.05) is 31.8 Å². The Morgan fingerprint density at radius 1 is 0.688 bits per heavy atom. The Balaban J connectivity index is 2.15. The zero-order valence-electron chi connectivity index (χ0n) is 7.84. The minimum Gasteiger partial charge on any atom is -0.204 e. The Labute approximate surface area is 107 Å². The van der Waals surface area contributed by atoms with Crippen LogP contribution in [0.1, 0.15) is 0 Å². The Morgan fingerprint density at radius 3 is 1.69 bits per heavy atom. The van der Waals surface area contributed by atoms with Crippen LogP contribution in [0, 0.1) is 0 Å². The van der Waals surface area contributed by atoms with E-state index < -0.39 is 0 Å². The van der Waals surface area contributed by atoms with E-state index in [9.17, 15) is 0 Å². The lowest BCUT2D eigenvalue weighted by Crippen LogP contribution is -2.03. The first-order valence-corrected chi connectivity index (χ1v) is 8.83. The fraction of sp³-hybridized carbons (Fsp3) is 0. The highest BCUT2D eigenvalue weighted by atomic mass is 33.1. The normalized spacial score (nSPS) is 16.8. The van der Waals surface area contributed by atoms with Gasteiger partial charge in [0.05, 0.1) is 10.7 Å². The molecule has 0 spiro atoms. The number of benzene rings is 2. The van der Waals surface area contributed by atoms with Crippen LogP contribution in [-0.2, 0) is 0 Å². The van der Waals surface area contributed by atoms with Crippen LogP contribution in [0.25, 0.3) is 10.8 Å². The van der Waals surface area contributed by atoms with Gasteiger partial charge in [-0.1, -0.05) is 0 Å². The van der Waals surface area contributed by atoms with Crippen molar-refractivity contribution in [2.24, 2.45) is 8.80 Å². The predicted octanol–water partition coefficient (Wildman–Crippen LogP) is 3.42. The molecule has 16 heavy (non-hydrogen) atoms. The maximum Gasteiger partial charge on any atom is 0.0874 e. The highest BCUT2D eigenvalue weighted by Crippen LogP contribution is 2.38. The molecule has 0 amide bonds. The van der Waals surface area contributed by atoms with Gasteiger partial charge < -0.3 is 0 Å². The second-order valence-corrected chi connectivity index (χ2v) is 7.26. The van der Waals surface area contributed by atoms with Crippen molar-refractivity contribution >= 4 is 54.3 Å². The summed E-state index contributed by atoms with van der Waals surface area (Å²) in [6.07, 6.45) is 0. The van der Waals surface area contributed by atoms with E-state index in [-0.39, 0.29) is 0 Å². The molecule has 2 aliphatic heterocycles.